The lowest BCUT2D eigenvalue weighted by atomic mass is 9.95. The average Bonchev–Trinajstić information content (AvgIpc) is 3.27. The number of likely N-dealkylation sites (tertiary alicyclic amines) is 1. The molecule has 32 heavy (non-hydrogen) atoms. The quantitative estimate of drug-likeness (QED) is 0.540. The molecule has 0 atom stereocenters. The second-order valence-electron chi connectivity index (χ2n) is 7.97. The van der Waals surface area contributed by atoms with Gasteiger partial charge in [0.1, 0.15) is 5.01 Å². The number of thiazole rings is 1. The predicted octanol–water partition coefficient (Wildman–Crippen LogP) is 5.36. The number of piperidine rings is 1. The van der Waals surface area contributed by atoms with Gasteiger partial charge in [-0.3, -0.25) is 9.69 Å². The van der Waals surface area contributed by atoms with Gasteiger partial charge in [-0.25, -0.2) is 4.98 Å². The van der Waals surface area contributed by atoms with Crippen molar-refractivity contribution in [1.82, 2.24) is 15.2 Å². The third kappa shape index (κ3) is 5.75. The lowest BCUT2D eigenvalue weighted by Gasteiger charge is -2.30. The van der Waals surface area contributed by atoms with Crippen molar-refractivity contribution in [2.75, 3.05) is 13.1 Å². The fraction of sp³-hybridized carbons (Fsp3) is 0.333. The number of rotatable bonds is 6. The summed E-state index contributed by atoms with van der Waals surface area (Å²) in [7, 11) is 0. The summed E-state index contributed by atoms with van der Waals surface area (Å²) < 4.78 is 38.2. The van der Waals surface area contributed by atoms with E-state index in [9.17, 15) is 18.0 Å². The summed E-state index contributed by atoms with van der Waals surface area (Å²) in [5.41, 5.74) is 2.01. The Morgan fingerprint density at radius 1 is 1.06 bits per heavy atom. The highest BCUT2D eigenvalue weighted by molar-refractivity contribution is 7.13. The van der Waals surface area contributed by atoms with E-state index in [1.54, 1.807) is 0 Å². The number of halogens is 3. The average molecular weight is 460 g/mol. The number of carbonyl (C=O) groups excluding carboxylic acids is 1. The smallest absolute Gasteiger partial charge is 0.352 e. The Kier molecular flexibility index (Phi) is 6.91. The number of hydrogen-bond acceptors (Lipinski definition) is 4. The van der Waals surface area contributed by atoms with Gasteiger partial charge in [0, 0.05) is 30.0 Å². The summed E-state index contributed by atoms with van der Waals surface area (Å²) in [6.07, 6.45) is -2.73. The lowest BCUT2D eigenvalue weighted by molar-refractivity contribution is -0.137. The van der Waals surface area contributed by atoms with Crippen molar-refractivity contribution in [2.24, 2.45) is 5.92 Å². The Hall–Kier alpha value is -2.71. The maximum Gasteiger partial charge on any atom is 0.416 e. The van der Waals surface area contributed by atoms with Gasteiger partial charge in [0.05, 0.1) is 11.3 Å². The number of alkyl halides is 3. The van der Waals surface area contributed by atoms with E-state index in [4.69, 9.17) is 0 Å². The van der Waals surface area contributed by atoms with Crippen LogP contribution in [0.5, 0.6) is 0 Å². The Morgan fingerprint density at radius 2 is 1.75 bits per heavy atom. The molecule has 1 aliphatic rings. The number of aromatic nitrogens is 1. The lowest BCUT2D eigenvalue weighted by Crippen LogP contribution is -2.40. The molecule has 1 aliphatic heterocycles. The minimum Gasteiger partial charge on any atom is -0.352 e. The summed E-state index contributed by atoms with van der Waals surface area (Å²) in [4.78, 5) is 19.3. The molecule has 8 heteroatoms. The minimum absolute atomic E-state index is 0.0214. The largest absolute Gasteiger partial charge is 0.416 e. The van der Waals surface area contributed by atoms with Crippen LogP contribution < -0.4 is 5.32 Å². The second kappa shape index (κ2) is 9.83. The number of amides is 1. The zero-order chi connectivity index (χ0) is 22.6. The Labute approximate surface area is 189 Å². The summed E-state index contributed by atoms with van der Waals surface area (Å²) in [6, 6.07) is 15.0. The van der Waals surface area contributed by atoms with Gasteiger partial charge in [0.2, 0.25) is 5.91 Å². The first-order chi connectivity index (χ1) is 15.4. The fourth-order valence-corrected chi connectivity index (χ4v) is 4.64. The van der Waals surface area contributed by atoms with Crippen LogP contribution in [0.1, 0.15) is 29.7 Å². The van der Waals surface area contributed by atoms with Crippen molar-refractivity contribution in [1.29, 1.82) is 0 Å². The van der Waals surface area contributed by atoms with Crippen LogP contribution in [0.3, 0.4) is 0 Å². The molecule has 2 aromatic carbocycles. The van der Waals surface area contributed by atoms with E-state index >= 15 is 0 Å². The molecule has 1 saturated heterocycles. The first-order valence-corrected chi connectivity index (χ1v) is 11.4. The van der Waals surface area contributed by atoms with Crippen molar-refractivity contribution in [2.45, 2.75) is 32.1 Å². The maximum atomic E-state index is 12.7. The maximum absolute atomic E-state index is 12.7. The molecule has 1 aromatic heterocycles. The molecule has 0 unspecified atom stereocenters. The number of carbonyl (C=O) groups is 1. The van der Waals surface area contributed by atoms with Crippen LogP contribution in [0, 0.1) is 5.92 Å². The summed E-state index contributed by atoms with van der Waals surface area (Å²) in [5, 5.41) is 5.69. The summed E-state index contributed by atoms with van der Waals surface area (Å²) >= 11 is 1.43. The minimum atomic E-state index is -4.34. The SMILES string of the molecule is O=C(NCc1ccccc1)C1CCN(Cc2csc(-c3ccc(C(F)(F)F)cc3)n2)CC1. The van der Waals surface area contributed by atoms with Crippen molar-refractivity contribution < 1.29 is 18.0 Å². The monoisotopic (exact) mass is 459 g/mol. The molecular formula is C24H24F3N3OS. The number of hydrogen-bond donors (Lipinski definition) is 1. The molecule has 168 valence electrons. The highest BCUT2D eigenvalue weighted by atomic mass is 32.1. The third-order valence-corrected chi connectivity index (χ3v) is 6.60. The van der Waals surface area contributed by atoms with Gasteiger partial charge in [-0.1, -0.05) is 42.5 Å². The molecule has 3 aromatic rings. The van der Waals surface area contributed by atoms with Crippen LogP contribution in [0.25, 0.3) is 10.6 Å². The van der Waals surface area contributed by atoms with Gasteiger partial charge in [-0.15, -0.1) is 11.3 Å². The highest BCUT2D eigenvalue weighted by Crippen LogP contribution is 2.32. The Balaban J connectivity index is 1.26. The van der Waals surface area contributed by atoms with E-state index in [1.165, 1.54) is 23.5 Å². The zero-order valence-corrected chi connectivity index (χ0v) is 18.3. The van der Waals surface area contributed by atoms with E-state index in [1.807, 2.05) is 35.7 Å². The summed E-state index contributed by atoms with van der Waals surface area (Å²) in [6.45, 7) is 2.86. The third-order valence-electron chi connectivity index (χ3n) is 5.66. The van der Waals surface area contributed by atoms with Crippen molar-refractivity contribution in [3.8, 4) is 10.6 Å². The molecule has 0 bridgehead atoms. The standard InChI is InChI=1S/C24H24F3N3OS/c25-24(26,27)20-8-6-19(7-9-20)23-29-21(16-32-23)15-30-12-10-18(11-13-30)22(31)28-14-17-4-2-1-3-5-17/h1-9,16,18H,10-15H2,(H,28,31). The molecule has 0 radical (unpaired) electrons. The van der Waals surface area contributed by atoms with E-state index in [0.29, 0.717) is 23.7 Å². The van der Waals surface area contributed by atoms with Crippen LogP contribution in [0.2, 0.25) is 0 Å². The normalized spacial score (nSPS) is 15.6. The van der Waals surface area contributed by atoms with Gasteiger partial charge < -0.3 is 5.32 Å². The number of benzene rings is 2. The molecule has 4 rings (SSSR count). The van der Waals surface area contributed by atoms with Gasteiger partial charge >= 0.3 is 6.18 Å². The van der Waals surface area contributed by atoms with Crippen molar-refractivity contribution in [3.63, 3.8) is 0 Å². The number of nitrogens with zero attached hydrogens (tertiary/aromatic N) is 2. The van der Waals surface area contributed by atoms with Crippen LogP contribution in [0.15, 0.2) is 60.0 Å². The topological polar surface area (TPSA) is 45.2 Å². The van der Waals surface area contributed by atoms with Crippen LogP contribution in [-0.4, -0.2) is 28.9 Å². The molecule has 1 amide bonds. The summed E-state index contributed by atoms with van der Waals surface area (Å²) in [5.74, 6) is 0.125. The molecule has 2 heterocycles. The molecular weight excluding hydrogens is 435 g/mol. The van der Waals surface area contributed by atoms with Gasteiger partial charge in [-0.05, 0) is 43.6 Å². The molecule has 1 N–H and O–H groups in total. The second-order valence-corrected chi connectivity index (χ2v) is 8.83. The first-order valence-electron chi connectivity index (χ1n) is 10.5. The van der Waals surface area contributed by atoms with E-state index < -0.39 is 11.7 Å². The first kappa shape index (κ1) is 22.5. The molecule has 0 spiro atoms. The number of nitrogens with one attached hydrogen (secondary N) is 1. The van der Waals surface area contributed by atoms with E-state index in [-0.39, 0.29) is 11.8 Å². The van der Waals surface area contributed by atoms with Gasteiger partial charge in [-0.2, -0.15) is 13.2 Å². The molecule has 4 nitrogen and oxygen atoms in total. The molecule has 1 fully saturated rings. The molecule has 0 aliphatic carbocycles. The van der Waals surface area contributed by atoms with E-state index in [2.05, 4.69) is 15.2 Å². The highest BCUT2D eigenvalue weighted by Gasteiger charge is 2.30. The van der Waals surface area contributed by atoms with Crippen LogP contribution in [0.4, 0.5) is 13.2 Å². The zero-order valence-electron chi connectivity index (χ0n) is 17.4. The fourth-order valence-electron chi connectivity index (χ4n) is 3.83. The van der Waals surface area contributed by atoms with Crippen molar-refractivity contribution in [3.05, 3.63) is 76.8 Å². The molecule has 0 saturated carbocycles. The van der Waals surface area contributed by atoms with Crippen molar-refractivity contribution >= 4 is 17.2 Å². The van der Waals surface area contributed by atoms with E-state index in [0.717, 1.165) is 49.3 Å². The Morgan fingerprint density at radius 3 is 2.41 bits per heavy atom. The Bertz CT molecular complexity index is 1030. The van der Waals surface area contributed by atoms with Gasteiger partial charge in [0.25, 0.3) is 0 Å². The van der Waals surface area contributed by atoms with Gasteiger partial charge in [0.15, 0.2) is 0 Å². The predicted molar refractivity (Wildman–Crippen MR) is 119 cm³/mol. The van der Waals surface area contributed by atoms with Crippen LogP contribution >= 0.6 is 11.3 Å². The van der Waals surface area contributed by atoms with Crippen LogP contribution in [-0.2, 0) is 24.1 Å².